The average Bonchev–Trinajstić information content (AvgIpc) is 2.79. The molecule has 0 amide bonds. The molecule has 0 saturated carbocycles. The Morgan fingerprint density at radius 1 is 1.06 bits per heavy atom. The third kappa shape index (κ3) is 1.68. The summed E-state index contributed by atoms with van der Waals surface area (Å²) >= 11 is 0. The van der Waals surface area contributed by atoms with Gasteiger partial charge in [-0.3, -0.25) is 9.55 Å². The van der Waals surface area contributed by atoms with Gasteiger partial charge in [0.15, 0.2) is 0 Å². The largest absolute Gasteiger partial charge is 0.296 e. The third-order valence-corrected chi connectivity index (χ3v) is 3.01. The van der Waals surface area contributed by atoms with E-state index in [9.17, 15) is 0 Å². The van der Waals surface area contributed by atoms with Crippen LogP contribution in [0.5, 0.6) is 0 Å². The quantitative estimate of drug-likeness (QED) is 0.682. The zero-order valence-electron chi connectivity index (χ0n) is 10.5. The molecule has 0 atom stereocenters. The topological polar surface area (TPSA) is 30.7 Å². The molecule has 3 heteroatoms. The van der Waals surface area contributed by atoms with Crippen molar-refractivity contribution >= 4 is 11.0 Å². The van der Waals surface area contributed by atoms with E-state index in [0.717, 1.165) is 22.5 Å². The first-order valence-corrected chi connectivity index (χ1v) is 6.15. The summed E-state index contributed by atoms with van der Waals surface area (Å²) in [6.45, 7) is 4.32. The third-order valence-electron chi connectivity index (χ3n) is 3.01. The summed E-state index contributed by atoms with van der Waals surface area (Å²) in [5.74, 6) is 1.45. The van der Waals surface area contributed by atoms with E-state index >= 15 is 0 Å². The molecule has 0 bridgehead atoms. The van der Waals surface area contributed by atoms with Gasteiger partial charge in [-0.2, -0.15) is 0 Å². The van der Waals surface area contributed by atoms with Crippen LogP contribution >= 0.6 is 0 Å². The van der Waals surface area contributed by atoms with Gasteiger partial charge in [0.2, 0.25) is 0 Å². The molecule has 0 saturated heterocycles. The Bertz CT molecular complexity index is 669. The van der Waals surface area contributed by atoms with Crippen LogP contribution in [-0.4, -0.2) is 14.5 Å². The number of fused-ring (bicyclic) bond motifs is 1. The SMILES string of the molecule is CC(C)c1nc2cnccc2n1-c1ccccc1. The molecule has 0 unspecified atom stereocenters. The Kier molecular flexibility index (Phi) is 2.59. The zero-order chi connectivity index (χ0) is 12.5. The summed E-state index contributed by atoms with van der Waals surface area (Å²) in [5, 5.41) is 0. The lowest BCUT2D eigenvalue weighted by molar-refractivity contribution is 0.760. The van der Waals surface area contributed by atoms with Crippen LogP contribution in [0.2, 0.25) is 0 Å². The molecular formula is C15H15N3. The molecule has 18 heavy (non-hydrogen) atoms. The molecule has 90 valence electrons. The summed E-state index contributed by atoms with van der Waals surface area (Å²) < 4.78 is 2.21. The number of hydrogen-bond acceptors (Lipinski definition) is 2. The van der Waals surface area contributed by atoms with Gasteiger partial charge in [-0.1, -0.05) is 32.0 Å². The van der Waals surface area contributed by atoms with Crippen molar-refractivity contribution in [3.05, 3.63) is 54.6 Å². The highest BCUT2D eigenvalue weighted by Crippen LogP contribution is 2.25. The Morgan fingerprint density at radius 2 is 1.83 bits per heavy atom. The molecule has 2 aromatic heterocycles. The van der Waals surface area contributed by atoms with Crippen LogP contribution in [0, 0.1) is 0 Å². The molecule has 3 aromatic rings. The van der Waals surface area contributed by atoms with Crippen LogP contribution in [0.15, 0.2) is 48.8 Å². The molecule has 0 fully saturated rings. The van der Waals surface area contributed by atoms with Gasteiger partial charge in [0.25, 0.3) is 0 Å². The molecule has 3 rings (SSSR count). The van der Waals surface area contributed by atoms with E-state index in [1.165, 1.54) is 0 Å². The molecular weight excluding hydrogens is 222 g/mol. The second-order valence-corrected chi connectivity index (χ2v) is 4.66. The number of para-hydroxylation sites is 1. The Morgan fingerprint density at radius 3 is 2.56 bits per heavy atom. The van der Waals surface area contributed by atoms with E-state index in [2.05, 4.69) is 40.5 Å². The van der Waals surface area contributed by atoms with E-state index in [4.69, 9.17) is 0 Å². The van der Waals surface area contributed by atoms with Gasteiger partial charge in [0, 0.05) is 17.8 Å². The number of aromatic nitrogens is 3. The molecule has 2 heterocycles. The standard InChI is InChI=1S/C15H15N3/c1-11(2)15-17-13-10-16-9-8-14(13)18(15)12-6-4-3-5-7-12/h3-11H,1-2H3. The van der Waals surface area contributed by atoms with E-state index in [0.29, 0.717) is 5.92 Å². The summed E-state index contributed by atoms with van der Waals surface area (Å²) in [4.78, 5) is 8.83. The molecule has 3 nitrogen and oxygen atoms in total. The number of imidazole rings is 1. The lowest BCUT2D eigenvalue weighted by Crippen LogP contribution is -2.02. The van der Waals surface area contributed by atoms with Crippen molar-refractivity contribution in [2.75, 3.05) is 0 Å². The van der Waals surface area contributed by atoms with Gasteiger partial charge in [-0.15, -0.1) is 0 Å². The van der Waals surface area contributed by atoms with Crippen molar-refractivity contribution in [1.29, 1.82) is 0 Å². The maximum atomic E-state index is 4.69. The Balaban J connectivity index is 2.35. The number of pyridine rings is 1. The van der Waals surface area contributed by atoms with Crippen molar-refractivity contribution in [2.24, 2.45) is 0 Å². The first-order chi connectivity index (χ1) is 8.77. The highest BCUT2D eigenvalue weighted by Gasteiger charge is 2.14. The normalized spacial score (nSPS) is 11.3. The van der Waals surface area contributed by atoms with Crippen LogP contribution in [-0.2, 0) is 0 Å². The molecule has 0 aliphatic heterocycles. The Hall–Kier alpha value is -2.16. The van der Waals surface area contributed by atoms with Crippen LogP contribution in [0.3, 0.4) is 0 Å². The minimum atomic E-state index is 0.373. The fourth-order valence-corrected chi connectivity index (χ4v) is 2.19. The average molecular weight is 237 g/mol. The fraction of sp³-hybridized carbons (Fsp3) is 0.200. The molecule has 1 aromatic carbocycles. The summed E-state index contributed by atoms with van der Waals surface area (Å²) in [7, 11) is 0. The van der Waals surface area contributed by atoms with E-state index in [-0.39, 0.29) is 0 Å². The maximum absolute atomic E-state index is 4.69. The van der Waals surface area contributed by atoms with Crippen LogP contribution in [0.1, 0.15) is 25.6 Å². The molecule has 0 aliphatic carbocycles. The van der Waals surface area contributed by atoms with Gasteiger partial charge < -0.3 is 0 Å². The lowest BCUT2D eigenvalue weighted by Gasteiger charge is -2.11. The second-order valence-electron chi connectivity index (χ2n) is 4.66. The first kappa shape index (κ1) is 11.0. The zero-order valence-corrected chi connectivity index (χ0v) is 10.5. The van der Waals surface area contributed by atoms with E-state index in [1.807, 2.05) is 36.7 Å². The number of benzene rings is 1. The van der Waals surface area contributed by atoms with Gasteiger partial charge in [0.05, 0.1) is 11.7 Å². The molecule has 0 spiro atoms. The van der Waals surface area contributed by atoms with Gasteiger partial charge in [-0.25, -0.2) is 4.98 Å². The van der Waals surface area contributed by atoms with Gasteiger partial charge in [-0.05, 0) is 18.2 Å². The molecule has 0 N–H and O–H groups in total. The monoisotopic (exact) mass is 237 g/mol. The highest BCUT2D eigenvalue weighted by molar-refractivity contribution is 5.77. The first-order valence-electron chi connectivity index (χ1n) is 6.15. The minimum Gasteiger partial charge on any atom is -0.296 e. The maximum Gasteiger partial charge on any atom is 0.117 e. The van der Waals surface area contributed by atoms with E-state index < -0.39 is 0 Å². The van der Waals surface area contributed by atoms with Crippen molar-refractivity contribution in [2.45, 2.75) is 19.8 Å². The lowest BCUT2D eigenvalue weighted by atomic mass is 10.2. The van der Waals surface area contributed by atoms with Crippen molar-refractivity contribution in [1.82, 2.24) is 14.5 Å². The Labute approximate surface area is 106 Å². The minimum absolute atomic E-state index is 0.373. The van der Waals surface area contributed by atoms with Crippen molar-refractivity contribution < 1.29 is 0 Å². The van der Waals surface area contributed by atoms with E-state index in [1.54, 1.807) is 0 Å². The molecule has 0 radical (unpaired) electrons. The number of hydrogen-bond donors (Lipinski definition) is 0. The summed E-state index contributed by atoms with van der Waals surface area (Å²) in [6, 6.07) is 12.3. The van der Waals surface area contributed by atoms with Crippen molar-refractivity contribution in [3.8, 4) is 5.69 Å². The summed E-state index contributed by atoms with van der Waals surface area (Å²) in [5.41, 5.74) is 3.21. The number of nitrogens with zero attached hydrogens (tertiary/aromatic N) is 3. The second kappa shape index (κ2) is 4.26. The number of rotatable bonds is 2. The van der Waals surface area contributed by atoms with Crippen LogP contribution in [0.25, 0.3) is 16.7 Å². The van der Waals surface area contributed by atoms with Crippen LogP contribution < -0.4 is 0 Å². The van der Waals surface area contributed by atoms with Crippen LogP contribution in [0.4, 0.5) is 0 Å². The van der Waals surface area contributed by atoms with Gasteiger partial charge in [0.1, 0.15) is 11.3 Å². The predicted octanol–water partition coefficient (Wildman–Crippen LogP) is 3.54. The highest BCUT2D eigenvalue weighted by atomic mass is 15.1. The predicted molar refractivity (Wildman–Crippen MR) is 73.0 cm³/mol. The van der Waals surface area contributed by atoms with Gasteiger partial charge >= 0.3 is 0 Å². The fourth-order valence-electron chi connectivity index (χ4n) is 2.19. The van der Waals surface area contributed by atoms with Crippen molar-refractivity contribution in [3.63, 3.8) is 0 Å². The smallest absolute Gasteiger partial charge is 0.117 e. The molecule has 0 aliphatic rings. The summed E-state index contributed by atoms with van der Waals surface area (Å²) in [6.07, 6.45) is 3.63.